The Kier molecular flexibility index (Phi) is 3.69. The molecule has 0 aliphatic carbocycles. The van der Waals surface area contributed by atoms with Gasteiger partial charge in [-0.1, -0.05) is 18.2 Å². The zero-order valence-electron chi connectivity index (χ0n) is 12.7. The van der Waals surface area contributed by atoms with Crippen LogP contribution in [0.4, 0.5) is 15.8 Å². The van der Waals surface area contributed by atoms with E-state index < -0.39 is 16.4 Å². The maximum Gasteiger partial charge on any atom is 0.327 e. The van der Waals surface area contributed by atoms with Crippen molar-refractivity contribution in [1.29, 1.82) is 0 Å². The maximum atomic E-state index is 13.8. The number of nitro benzene ring substituents is 1. The van der Waals surface area contributed by atoms with Crippen molar-refractivity contribution in [2.24, 2.45) is 7.05 Å². The summed E-state index contributed by atoms with van der Waals surface area (Å²) in [6.45, 7) is 0.329. The Bertz CT molecular complexity index is 891. The van der Waals surface area contributed by atoms with E-state index in [1.54, 1.807) is 11.9 Å². The summed E-state index contributed by atoms with van der Waals surface area (Å²) in [5.74, 6) is -0.100. The first-order valence-electron chi connectivity index (χ1n) is 7.03. The van der Waals surface area contributed by atoms with E-state index in [0.717, 1.165) is 22.9 Å². The number of nitro groups is 1. The van der Waals surface area contributed by atoms with Gasteiger partial charge < -0.3 is 9.47 Å². The second-order valence-electron chi connectivity index (χ2n) is 5.30. The fourth-order valence-corrected chi connectivity index (χ4v) is 2.63. The lowest BCUT2D eigenvalue weighted by Crippen LogP contribution is -2.20. The third-order valence-corrected chi connectivity index (χ3v) is 3.82. The molecule has 0 bridgehead atoms. The molecule has 0 radical (unpaired) electrons. The van der Waals surface area contributed by atoms with Crippen LogP contribution in [0.1, 0.15) is 5.82 Å². The second kappa shape index (κ2) is 5.68. The quantitative estimate of drug-likeness (QED) is 0.548. The molecule has 0 saturated carbocycles. The van der Waals surface area contributed by atoms with E-state index in [-0.39, 0.29) is 5.69 Å². The molecule has 0 amide bonds. The van der Waals surface area contributed by atoms with Gasteiger partial charge in [-0.3, -0.25) is 10.1 Å². The second-order valence-corrected chi connectivity index (χ2v) is 5.30. The van der Waals surface area contributed by atoms with Crippen LogP contribution in [-0.4, -0.2) is 21.5 Å². The van der Waals surface area contributed by atoms with E-state index >= 15 is 0 Å². The minimum absolute atomic E-state index is 0.224. The molecule has 3 rings (SSSR count). The third-order valence-electron chi connectivity index (χ3n) is 3.82. The topological polar surface area (TPSA) is 64.2 Å². The van der Waals surface area contributed by atoms with Gasteiger partial charge in [0.15, 0.2) is 0 Å². The van der Waals surface area contributed by atoms with E-state index in [9.17, 15) is 14.5 Å². The molecule has 0 fully saturated rings. The van der Waals surface area contributed by atoms with Gasteiger partial charge in [0, 0.05) is 14.1 Å². The number of fused-ring (bicyclic) bond motifs is 1. The van der Waals surface area contributed by atoms with Gasteiger partial charge in [0.25, 0.3) is 0 Å². The zero-order valence-corrected chi connectivity index (χ0v) is 12.7. The van der Waals surface area contributed by atoms with Crippen molar-refractivity contribution in [3.05, 3.63) is 64.2 Å². The van der Waals surface area contributed by atoms with E-state index in [4.69, 9.17) is 0 Å². The Morgan fingerprint density at radius 1 is 1.26 bits per heavy atom. The highest BCUT2D eigenvalue weighted by atomic mass is 19.1. The van der Waals surface area contributed by atoms with Crippen molar-refractivity contribution in [2.75, 3.05) is 11.9 Å². The fraction of sp³-hybridized carbons (Fsp3) is 0.188. The third kappa shape index (κ3) is 2.61. The Balaban J connectivity index is 1.98. The number of hydrogen-bond donors (Lipinski definition) is 0. The smallest absolute Gasteiger partial charge is 0.327 e. The van der Waals surface area contributed by atoms with Crippen LogP contribution >= 0.6 is 0 Å². The molecule has 23 heavy (non-hydrogen) atoms. The van der Waals surface area contributed by atoms with Gasteiger partial charge in [0.05, 0.1) is 22.5 Å². The molecule has 0 aliphatic rings. The first-order chi connectivity index (χ1) is 11.0. The molecule has 3 aromatic rings. The summed E-state index contributed by atoms with van der Waals surface area (Å²) in [5.41, 5.74) is 1.53. The number of benzene rings is 2. The highest BCUT2D eigenvalue weighted by Gasteiger charge is 2.23. The standard InChI is InChI=1S/C16H15FN4O2/c1-19(14-9-5-6-11(17)16(14)21(22)23)10-15-18-12-7-3-4-8-13(12)20(15)2/h3-9H,10H2,1-2H3. The maximum absolute atomic E-state index is 13.8. The number of imidazole rings is 1. The molecule has 6 nitrogen and oxygen atoms in total. The highest BCUT2D eigenvalue weighted by molar-refractivity contribution is 5.76. The Morgan fingerprint density at radius 3 is 2.70 bits per heavy atom. The monoisotopic (exact) mass is 314 g/mol. The van der Waals surface area contributed by atoms with E-state index in [0.29, 0.717) is 6.54 Å². The van der Waals surface area contributed by atoms with Gasteiger partial charge >= 0.3 is 5.69 Å². The number of hydrogen-bond acceptors (Lipinski definition) is 4. The van der Waals surface area contributed by atoms with Crippen molar-refractivity contribution >= 4 is 22.4 Å². The number of nitrogens with zero attached hydrogens (tertiary/aromatic N) is 4. The average molecular weight is 314 g/mol. The molecule has 118 valence electrons. The van der Waals surface area contributed by atoms with Gasteiger partial charge in [-0.05, 0) is 24.3 Å². The molecular formula is C16H15FN4O2. The molecule has 0 atom stereocenters. The summed E-state index contributed by atoms with van der Waals surface area (Å²) in [4.78, 5) is 16.6. The summed E-state index contributed by atoms with van der Waals surface area (Å²) >= 11 is 0. The zero-order chi connectivity index (χ0) is 16.6. The Hall–Kier alpha value is -2.96. The van der Waals surface area contributed by atoms with Gasteiger partial charge in [0.2, 0.25) is 5.82 Å². The summed E-state index contributed by atoms with van der Waals surface area (Å²) in [6, 6.07) is 11.8. The minimum Gasteiger partial charge on any atom is -0.361 e. The molecule has 1 heterocycles. The summed E-state index contributed by atoms with van der Waals surface area (Å²) < 4.78 is 15.7. The molecule has 0 unspecified atom stereocenters. The van der Waals surface area contributed by atoms with Crippen LogP contribution in [0.15, 0.2) is 42.5 Å². The van der Waals surface area contributed by atoms with E-state index in [1.165, 1.54) is 12.1 Å². The van der Waals surface area contributed by atoms with Crippen molar-refractivity contribution in [1.82, 2.24) is 9.55 Å². The van der Waals surface area contributed by atoms with Gasteiger partial charge in [-0.25, -0.2) is 4.98 Å². The summed E-state index contributed by atoms with van der Waals surface area (Å²) in [5, 5.41) is 11.1. The van der Waals surface area contributed by atoms with Crippen LogP contribution in [0.5, 0.6) is 0 Å². The van der Waals surface area contributed by atoms with Crippen LogP contribution in [0.25, 0.3) is 11.0 Å². The number of rotatable bonds is 4. The fourth-order valence-electron chi connectivity index (χ4n) is 2.63. The lowest BCUT2D eigenvalue weighted by molar-refractivity contribution is -0.386. The van der Waals surface area contributed by atoms with Crippen molar-refractivity contribution < 1.29 is 9.31 Å². The largest absolute Gasteiger partial charge is 0.361 e. The van der Waals surface area contributed by atoms with Crippen LogP contribution in [0, 0.1) is 15.9 Å². The van der Waals surface area contributed by atoms with Crippen molar-refractivity contribution in [2.45, 2.75) is 6.54 Å². The van der Waals surface area contributed by atoms with Crippen LogP contribution in [0.3, 0.4) is 0 Å². The number of halogens is 1. The number of aromatic nitrogens is 2. The first kappa shape index (κ1) is 15.0. The highest BCUT2D eigenvalue weighted by Crippen LogP contribution is 2.31. The first-order valence-corrected chi connectivity index (χ1v) is 7.03. The molecule has 1 aromatic heterocycles. The van der Waals surface area contributed by atoms with Gasteiger partial charge in [-0.2, -0.15) is 4.39 Å². The average Bonchev–Trinajstić information content (AvgIpc) is 2.83. The van der Waals surface area contributed by atoms with Gasteiger partial charge in [-0.15, -0.1) is 0 Å². The molecule has 7 heteroatoms. The SMILES string of the molecule is CN(Cc1nc2ccccc2n1C)c1cccc(F)c1[N+](=O)[O-]. The van der Waals surface area contributed by atoms with Crippen molar-refractivity contribution in [3.8, 4) is 0 Å². The summed E-state index contributed by atoms with van der Waals surface area (Å²) in [6.07, 6.45) is 0. The molecule has 0 N–H and O–H groups in total. The van der Waals surface area contributed by atoms with Crippen LogP contribution in [-0.2, 0) is 13.6 Å². The van der Waals surface area contributed by atoms with Crippen molar-refractivity contribution in [3.63, 3.8) is 0 Å². The number of anilines is 1. The van der Waals surface area contributed by atoms with E-state index in [1.807, 2.05) is 35.9 Å². The lowest BCUT2D eigenvalue weighted by atomic mass is 10.2. The van der Waals surface area contributed by atoms with Crippen LogP contribution < -0.4 is 4.90 Å². The lowest BCUT2D eigenvalue weighted by Gasteiger charge is -2.19. The molecular weight excluding hydrogens is 299 g/mol. The minimum atomic E-state index is -0.843. The molecule has 0 aliphatic heterocycles. The Labute approximate surface area is 131 Å². The predicted octanol–water partition coefficient (Wildman–Crippen LogP) is 3.26. The van der Waals surface area contributed by atoms with Crippen LogP contribution in [0.2, 0.25) is 0 Å². The normalized spacial score (nSPS) is 10.9. The summed E-state index contributed by atoms with van der Waals surface area (Å²) in [7, 11) is 3.57. The Morgan fingerprint density at radius 2 is 2.00 bits per heavy atom. The number of aryl methyl sites for hydroxylation is 1. The molecule has 0 saturated heterocycles. The predicted molar refractivity (Wildman–Crippen MR) is 85.9 cm³/mol. The molecule has 0 spiro atoms. The molecule has 2 aromatic carbocycles. The van der Waals surface area contributed by atoms with Gasteiger partial charge in [0.1, 0.15) is 11.5 Å². The van der Waals surface area contributed by atoms with E-state index in [2.05, 4.69) is 4.98 Å². The number of para-hydroxylation sites is 3.